The summed E-state index contributed by atoms with van der Waals surface area (Å²) in [4.78, 5) is 15.4. The monoisotopic (exact) mass is 383 g/mol. The highest BCUT2D eigenvalue weighted by Crippen LogP contribution is 2.35. The molecule has 9 heteroatoms. The number of benzene rings is 1. The number of esters is 1. The first-order valence-corrected chi connectivity index (χ1v) is 7.72. The number of carbonyl (C=O) groups excluding carboxylic acids is 1. The van der Waals surface area contributed by atoms with Gasteiger partial charge in [-0.3, -0.25) is 0 Å². The number of ether oxygens (including phenoxy) is 2. The number of anilines is 1. The number of nitriles is 1. The number of hydrogen-bond donors (Lipinski definition) is 1. The van der Waals surface area contributed by atoms with Gasteiger partial charge in [0.05, 0.1) is 17.3 Å². The molecule has 0 fully saturated rings. The molecule has 2 N–H and O–H groups in total. The Morgan fingerprint density at radius 1 is 1.40 bits per heavy atom. The lowest BCUT2D eigenvalue weighted by Crippen LogP contribution is -2.26. The Morgan fingerprint density at radius 2 is 2.08 bits per heavy atom. The number of nitrogens with two attached hydrogens (primary N) is 1. The molecule has 2 rings (SSSR count). The zero-order valence-electron chi connectivity index (χ0n) is 12.9. The third-order valence-corrected chi connectivity index (χ3v) is 3.89. The minimum Gasteiger partial charge on any atom is -0.461 e. The van der Waals surface area contributed by atoms with Gasteiger partial charge in [-0.25, -0.2) is 4.79 Å². The van der Waals surface area contributed by atoms with Crippen LogP contribution < -0.4 is 10.5 Å². The fourth-order valence-corrected chi connectivity index (χ4v) is 2.19. The maximum Gasteiger partial charge on any atom is 0.347 e. The molecule has 130 valence electrons. The molecule has 0 unspecified atom stereocenters. The second-order valence-electron chi connectivity index (χ2n) is 4.89. The lowest BCUT2D eigenvalue weighted by atomic mass is 10.1. The van der Waals surface area contributed by atoms with Crippen molar-refractivity contribution in [3.05, 3.63) is 51.4 Å². The minimum absolute atomic E-state index is 0.117. The maximum atomic E-state index is 13.5. The molecule has 1 atom stereocenters. The molecule has 0 bridgehead atoms. The van der Waals surface area contributed by atoms with Crippen LogP contribution in [0.1, 0.15) is 18.1 Å². The van der Waals surface area contributed by atoms with Gasteiger partial charge in [0.2, 0.25) is 11.8 Å². The number of carbonyl (C=O) groups is 1. The molecule has 1 aromatic carbocycles. The van der Waals surface area contributed by atoms with Crippen LogP contribution in [-0.2, 0) is 16.1 Å². The summed E-state index contributed by atoms with van der Waals surface area (Å²) in [6, 6.07) is 8.67. The van der Waals surface area contributed by atoms with Crippen LogP contribution in [0.3, 0.4) is 0 Å². The molecular formula is C16H12Cl2FN3O3. The molecule has 0 saturated carbocycles. The Labute approximate surface area is 152 Å². The number of nitrogens with zero attached hydrogens (tertiary/aromatic N) is 2. The molecule has 0 aliphatic carbocycles. The van der Waals surface area contributed by atoms with Crippen molar-refractivity contribution in [1.82, 2.24) is 4.98 Å². The summed E-state index contributed by atoms with van der Waals surface area (Å²) in [7, 11) is 0. The number of halogens is 3. The number of rotatable bonds is 5. The van der Waals surface area contributed by atoms with E-state index in [2.05, 4.69) is 4.98 Å². The van der Waals surface area contributed by atoms with E-state index in [4.69, 9.17) is 43.7 Å². The van der Waals surface area contributed by atoms with Crippen molar-refractivity contribution in [1.29, 1.82) is 5.26 Å². The van der Waals surface area contributed by atoms with Crippen molar-refractivity contribution in [2.75, 3.05) is 5.73 Å². The van der Waals surface area contributed by atoms with Crippen LogP contribution in [-0.4, -0.2) is 17.1 Å². The number of pyridine rings is 1. The summed E-state index contributed by atoms with van der Waals surface area (Å²) >= 11 is 11.5. The van der Waals surface area contributed by atoms with Crippen LogP contribution >= 0.6 is 23.2 Å². The van der Waals surface area contributed by atoms with E-state index in [1.165, 1.54) is 6.92 Å². The van der Waals surface area contributed by atoms with Gasteiger partial charge in [0.15, 0.2) is 6.10 Å². The van der Waals surface area contributed by atoms with Crippen molar-refractivity contribution >= 4 is 34.9 Å². The Kier molecular flexibility index (Phi) is 6.02. The summed E-state index contributed by atoms with van der Waals surface area (Å²) in [6.45, 7) is 1.26. The van der Waals surface area contributed by atoms with Crippen molar-refractivity contribution in [2.24, 2.45) is 0 Å². The van der Waals surface area contributed by atoms with Gasteiger partial charge >= 0.3 is 5.97 Å². The predicted molar refractivity (Wildman–Crippen MR) is 89.7 cm³/mol. The highest BCUT2D eigenvalue weighted by Gasteiger charge is 2.22. The van der Waals surface area contributed by atoms with Crippen LogP contribution in [0.15, 0.2) is 24.3 Å². The number of aromatic nitrogens is 1. The topological polar surface area (TPSA) is 98.2 Å². The highest BCUT2D eigenvalue weighted by atomic mass is 35.5. The molecule has 1 heterocycles. The van der Waals surface area contributed by atoms with E-state index < -0.39 is 23.0 Å². The van der Waals surface area contributed by atoms with Gasteiger partial charge < -0.3 is 15.2 Å². The Hall–Kier alpha value is -2.56. The lowest BCUT2D eigenvalue weighted by molar-refractivity contribution is -0.152. The van der Waals surface area contributed by atoms with E-state index in [1.807, 2.05) is 6.07 Å². The molecule has 1 aromatic heterocycles. The predicted octanol–water partition coefficient (Wildman–Crippen LogP) is 3.49. The first-order valence-electron chi connectivity index (χ1n) is 6.96. The first kappa shape index (κ1) is 18.8. The van der Waals surface area contributed by atoms with E-state index in [0.717, 1.165) is 0 Å². The molecule has 0 saturated heterocycles. The summed E-state index contributed by atoms with van der Waals surface area (Å²) in [5.41, 5.74) is 6.22. The molecule has 2 aromatic rings. The van der Waals surface area contributed by atoms with E-state index in [9.17, 15) is 9.18 Å². The second kappa shape index (κ2) is 8.01. The van der Waals surface area contributed by atoms with Gasteiger partial charge in [0.25, 0.3) is 0 Å². The van der Waals surface area contributed by atoms with Gasteiger partial charge in [-0.2, -0.15) is 14.6 Å². The standard InChI is InChI=1S/C16H12Cl2FN3O3/c1-8(25-15-12(18)13(21)11(17)14(19)22-15)16(23)24-7-10-5-3-2-4-9(10)6-20/h2-5,8H,7H2,1H3,(H2,21,22)/t8-/m1/s1. The van der Waals surface area contributed by atoms with Gasteiger partial charge in [-0.05, 0) is 13.0 Å². The smallest absolute Gasteiger partial charge is 0.347 e. The summed E-state index contributed by atoms with van der Waals surface area (Å²) in [6.07, 6.45) is -1.14. The second-order valence-corrected chi connectivity index (χ2v) is 5.64. The van der Waals surface area contributed by atoms with Crippen molar-refractivity contribution in [3.63, 3.8) is 0 Å². The Morgan fingerprint density at radius 3 is 2.76 bits per heavy atom. The summed E-state index contributed by atoms with van der Waals surface area (Å²) in [5, 5.41) is 8.36. The van der Waals surface area contributed by atoms with Gasteiger partial charge in [0, 0.05) is 5.56 Å². The molecule has 0 aliphatic heterocycles. The fraction of sp³-hybridized carbons (Fsp3) is 0.188. The van der Waals surface area contributed by atoms with Crippen LogP contribution in [0.4, 0.5) is 10.1 Å². The summed E-state index contributed by atoms with van der Waals surface area (Å²) < 4.78 is 23.8. The zero-order chi connectivity index (χ0) is 18.6. The van der Waals surface area contributed by atoms with Crippen LogP contribution in [0, 0.1) is 17.3 Å². The quantitative estimate of drug-likeness (QED) is 0.626. The highest BCUT2D eigenvalue weighted by molar-refractivity contribution is 6.39. The lowest BCUT2D eigenvalue weighted by Gasteiger charge is -2.15. The molecule has 0 radical (unpaired) electrons. The van der Waals surface area contributed by atoms with E-state index in [-0.39, 0.29) is 23.2 Å². The Balaban J connectivity index is 2.05. The Bertz CT molecular complexity index is 855. The van der Waals surface area contributed by atoms with Gasteiger partial charge in [-0.1, -0.05) is 41.4 Å². The zero-order valence-corrected chi connectivity index (χ0v) is 14.4. The molecular weight excluding hydrogens is 372 g/mol. The van der Waals surface area contributed by atoms with E-state index in [1.54, 1.807) is 24.3 Å². The first-order chi connectivity index (χ1) is 11.8. The van der Waals surface area contributed by atoms with Crippen molar-refractivity contribution in [2.45, 2.75) is 19.6 Å². The minimum atomic E-state index is -1.14. The summed E-state index contributed by atoms with van der Waals surface area (Å²) in [5.74, 6) is -2.19. The molecule has 0 amide bonds. The third kappa shape index (κ3) is 4.29. The maximum absolute atomic E-state index is 13.5. The fourth-order valence-electron chi connectivity index (χ4n) is 1.83. The van der Waals surface area contributed by atoms with Crippen LogP contribution in [0.25, 0.3) is 0 Å². The molecule has 25 heavy (non-hydrogen) atoms. The van der Waals surface area contributed by atoms with E-state index >= 15 is 0 Å². The van der Waals surface area contributed by atoms with E-state index in [0.29, 0.717) is 11.1 Å². The van der Waals surface area contributed by atoms with Crippen LogP contribution in [0.5, 0.6) is 5.88 Å². The SMILES string of the molecule is C[C@@H](Oc1nc(F)c(Cl)c(N)c1Cl)C(=O)OCc1ccccc1C#N. The largest absolute Gasteiger partial charge is 0.461 e. The molecule has 0 aliphatic rings. The number of nitrogen functional groups attached to an aromatic ring is 1. The van der Waals surface area contributed by atoms with Gasteiger partial charge in [0.1, 0.15) is 16.7 Å². The van der Waals surface area contributed by atoms with Gasteiger partial charge in [-0.15, -0.1) is 0 Å². The molecule has 6 nitrogen and oxygen atoms in total. The average molecular weight is 384 g/mol. The average Bonchev–Trinajstić information content (AvgIpc) is 2.62. The molecule has 0 spiro atoms. The number of hydrogen-bond acceptors (Lipinski definition) is 6. The van der Waals surface area contributed by atoms with Crippen molar-refractivity contribution in [3.8, 4) is 11.9 Å². The normalized spacial score (nSPS) is 11.5. The van der Waals surface area contributed by atoms with Crippen LogP contribution in [0.2, 0.25) is 10.0 Å². The third-order valence-electron chi connectivity index (χ3n) is 3.17. The van der Waals surface area contributed by atoms with Crippen molar-refractivity contribution < 1.29 is 18.7 Å².